The number of hydrogen-bond acceptors (Lipinski definition) is 7. The van der Waals surface area contributed by atoms with Crippen LogP contribution >= 0.6 is 11.8 Å². The number of amidine groups is 1. The first kappa shape index (κ1) is 17.2. The first-order valence-electron chi connectivity index (χ1n) is 8.16. The van der Waals surface area contributed by atoms with E-state index in [0.29, 0.717) is 22.2 Å². The van der Waals surface area contributed by atoms with Crippen LogP contribution < -0.4 is 5.43 Å². The molecule has 0 saturated carbocycles. The maximum atomic E-state index is 12.8. The van der Waals surface area contributed by atoms with Crippen molar-refractivity contribution >= 4 is 34.4 Å². The molecule has 0 spiro atoms. The molecule has 8 heteroatoms. The zero-order chi connectivity index (χ0) is 19.0. The Bertz CT molecular complexity index is 970. The topological polar surface area (TPSA) is 102 Å². The summed E-state index contributed by atoms with van der Waals surface area (Å²) in [6, 6.07) is 13.9. The normalized spacial score (nSPS) is 21.3. The second-order valence-corrected chi connectivity index (χ2v) is 6.91. The summed E-state index contributed by atoms with van der Waals surface area (Å²) in [5.41, 5.74) is 3.79. The highest BCUT2D eigenvalue weighted by Gasteiger charge is 2.48. The molecule has 27 heavy (non-hydrogen) atoms. The fourth-order valence-electron chi connectivity index (χ4n) is 3.11. The van der Waals surface area contributed by atoms with Gasteiger partial charge in [0.2, 0.25) is 0 Å². The molecule has 1 amide bonds. The lowest BCUT2D eigenvalue weighted by atomic mass is 9.95. The van der Waals surface area contributed by atoms with E-state index in [1.54, 1.807) is 42.5 Å². The number of aromatic hydroxyl groups is 1. The number of nitrogens with one attached hydrogen (secondary N) is 1. The molecule has 1 fully saturated rings. The number of rotatable bonds is 2. The average molecular weight is 381 g/mol. The summed E-state index contributed by atoms with van der Waals surface area (Å²) in [7, 11) is 0. The summed E-state index contributed by atoms with van der Waals surface area (Å²) in [6.45, 7) is 0. The van der Waals surface area contributed by atoms with Crippen molar-refractivity contribution in [3.63, 3.8) is 0 Å². The van der Waals surface area contributed by atoms with Crippen LogP contribution in [0, 0.1) is 0 Å². The van der Waals surface area contributed by atoms with Gasteiger partial charge >= 0.3 is 5.91 Å². The van der Waals surface area contributed by atoms with Crippen molar-refractivity contribution in [1.82, 2.24) is 10.3 Å². The Morgan fingerprint density at radius 3 is 2.44 bits per heavy atom. The van der Waals surface area contributed by atoms with Gasteiger partial charge in [0.15, 0.2) is 5.17 Å². The van der Waals surface area contributed by atoms with Gasteiger partial charge in [0, 0.05) is 5.56 Å². The van der Waals surface area contributed by atoms with Crippen LogP contribution in [0.3, 0.4) is 0 Å². The van der Waals surface area contributed by atoms with Crippen LogP contribution in [-0.2, 0) is 9.59 Å². The molecule has 1 saturated heterocycles. The van der Waals surface area contributed by atoms with Crippen molar-refractivity contribution in [3.8, 4) is 5.75 Å². The molecule has 0 radical (unpaired) electrons. The number of carbonyl (C=O) groups is 2. The van der Waals surface area contributed by atoms with E-state index in [0.717, 1.165) is 0 Å². The minimum absolute atomic E-state index is 0.00732. The van der Waals surface area contributed by atoms with E-state index in [1.165, 1.54) is 28.8 Å². The molecule has 2 aromatic rings. The van der Waals surface area contributed by atoms with E-state index < -0.39 is 17.7 Å². The van der Waals surface area contributed by atoms with E-state index in [2.05, 4.69) is 10.5 Å². The Morgan fingerprint density at radius 2 is 1.81 bits per heavy atom. The lowest BCUT2D eigenvalue weighted by Gasteiger charge is -2.24. The zero-order valence-electron chi connectivity index (χ0n) is 14.0. The van der Waals surface area contributed by atoms with Crippen molar-refractivity contribution in [2.24, 2.45) is 5.10 Å². The summed E-state index contributed by atoms with van der Waals surface area (Å²) < 4.78 is 0. The predicted octanol–water partition coefficient (Wildman–Crippen LogP) is 2.38. The van der Waals surface area contributed by atoms with E-state index >= 15 is 0 Å². The van der Waals surface area contributed by atoms with Crippen molar-refractivity contribution < 1.29 is 19.8 Å². The number of ketones is 1. The van der Waals surface area contributed by atoms with Gasteiger partial charge in [-0.1, -0.05) is 54.2 Å². The van der Waals surface area contributed by atoms with Gasteiger partial charge in [-0.3, -0.25) is 19.9 Å². The van der Waals surface area contributed by atoms with E-state index in [9.17, 15) is 19.8 Å². The third-order valence-corrected chi connectivity index (χ3v) is 5.17. The van der Waals surface area contributed by atoms with Crippen LogP contribution in [0.5, 0.6) is 5.75 Å². The number of Topliss-reactive ketones (excluding diaryl/α,β-unsaturated/α-hetero) is 1. The number of amides is 1. The van der Waals surface area contributed by atoms with Crippen molar-refractivity contribution in [3.05, 3.63) is 71.3 Å². The molecule has 2 aromatic carbocycles. The summed E-state index contributed by atoms with van der Waals surface area (Å²) >= 11 is 1.29. The number of aliphatic hydroxyl groups excluding tert-OH is 1. The molecular formula is C19H15N3O4S. The first-order chi connectivity index (χ1) is 13.1. The highest BCUT2D eigenvalue weighted by atomic mass is 32.2. The Hall–Kier alpha value is -3.26. The minimum atomic E-state index is -0.836. The number of hydrazone groups is 1. The summed E-state index contributed by atoms with van der Waals surface area (Å²) in [5.74, 6) is -1.22. The minimum Gasteiger partial charge on any atom is -0.508 e. The zero-order valence-corrected chi connectivity index (χ0v) is 14.8. The number of benzene rings is 2. The number of nitrogens with zero attached hydrogens (tertiary/aromatic N) is 2. The standard InChI is InChI=1S/C19H15N3O4S/c23-13-8-6-11(7-9-13)15-14(16(24)12-4-2-1-3-5-12)17(25)18(26)22(15)19-21-20-10-27-19/h1-9,15,20,23-24H,10H2. The molecule has 0 aromatic heterocycles. The molecule has 7 nitrogen and oxygen atoms in total. The van der Waals surface area contributed by atoms with Crippen LogP contribution in [0.25, 0.3) is 5.76 Å². The number of aliphatic hydroxyl groups is 1. The van der Waals surface area contributed by atoms with Crippen LogP contribution in [0.2, 0.25) is 0 Å². The highest BCUT2D eigenvalue weighted by Crippen LogP contribution is 2.41. The Balaban J connectivity index is 1.91. The number of hydrogen-bond donors (Lipinski definition) is 3. The van der Waals surface area contributed by atoms with E-state index in [1.807, 2.05) is 0 Å². The van der Waals surface area contributed by atoms with E-state index in [-0.39, 0.29) is 17.1 Å². The molecule has 4 rings (SSSR count). The van der Waals surface area contributed by atoms with Crippen molar-refractivity contribution in [1.29, 1.82) is 0 Å². The molecule has 3 N–H and O–H groups in total. The molecule has 1 atom stereocenters. The number of carbonyl (C=O) groups excluding carboxylic acids is 2. The Morgan fingerprint density at radius 1 is 1.11 bits per heavy atom. The number of phenolic OH excluding ortho intramolecular Hbond substituents is 1. The van der Waals surface area contributed by atoms with Gasteiger partial charge in [-0.25, -0.2) is 0 Å². The monoisotopic (exact) mass is 381 g/mol. The third-order valence-electron chi connectivity index (χ3n) is 4.35. The van der Waals surface area contributed by atoms with Gasteiger partial charge in [0.1, 0.15) is 11.5 Å². The maximum Gasteiger partial charge on any atom is 0.301 e. The molecule has 2 aliphatic heterocycles. The molecule has 2 heterocycles. The van der Waals surface area contributed by atoms with Crippen molar-refractivity contribution in [2.75, 3.05) is 5.88 Å². The van der Waals surface area contributed by atoms with Crippen LogP contribution in [-0.4, -0.2) is 37.8 Å². The van der Waals surface area contributed by atoms with Gasteiger partial charge in [-0.2, -0.15) is 5.10 Å². The average Bonchev–Trinajstić information content (AvgIpc) is 3.30. The maximum absolute atomic E-state index is 12.8. The van der Waals surface area contributed by atoms with Crippen LogP contribution in [0.15, 0.2) is 65.3 Å². The molecule has 2 aliphatic rings. The smallest absolute Gasteiger partial charge is 0.301 e. The first-order valence-corrected chi connectivity index (χ1v) is 9.15. The molecule has 1 unspecified atom stereocenters. The predicted molar refractivity (Wildman–Crippen MR) is 102 cm³/mol. The molecule has 0 bridgehead atoms. The third kappa shape index (κ3) is 2.93. The second kappa shape index (κ2) is 6.81. The fourth-order valence-corrected chi connectivity index (χ4v) is 3.82. The van der Waals surface area contributed by atoms with Gasteiger partial charge in [0.05, 0.1) is 17.5 Å². The van der Waals surface area contributed by atoms with Gasteiger partial charge in [-0.05, 0) is 17.7 Å². The van der Waals surface area contributed by atoms with Crippen LogP contribution in [0.1, 0.15) is 17.2 Å². The largest absolute Gasteiger partial charge is 0.508 e. The number of thioether (sulfide) groups is 1. The lowest BCUT2D eigenvalue weighted by Crippen LogP contribution is -2.33. The fraction of sp³-hybridized carbons (Fsp3) is 0.105. The van der Waals surface area contributed by atoms with Gasteiger partial charge in [0.25, 0.3) is 5.78 Å². The van der Waals surface area contributed by atoms with Crippen molar-refractivity contribution in [2.45, 2.75) is 6.04 Å². The highest BCUT2D eigenvalue weighted by molar-refractivity contribution is 8.14. The quantitative estimate of drug-likeness (QED) is 0.419. The number of likely N-dealkylation sites (tertiary alicyclic amines) is 1. The molecular weight excluding hydrogens is 366 g/mol. The summed E-state index contributed by atoms with van der Waals surface area (Å²) in [4.78, 5) is 26.8. The molecule has 136 valence electrons. The second-order valence-electron chi connectivity index (χ2n) is 5.97. The summed E-state index contributed by atoms with van der Waals surface area (Å²) in [5, 5.41) is 24.9. The van der Waals surface area contributed by atoms with Gasteiger partial charge in [-0.15, -0.1) is 0 Å². The SMILES string of the molecule is O=C1C(=O)N(C2=NNCS2)C(c2ccc(O)cc2)C1=C(O)c1ccccc1. The Kier molecular flexibility index (Phi) is 4.33. The van der Waals surface area contributed by atoms with Gasteiger partial charge < -0.3 is 10.2 Å². The number of phenols is 1. The summed E-state index contributed by atoms with van der Waals surface area (Å²) in [6.07, 6.45) is 0. The van der Waals surface area contributed by atoms with E-state index in [4.69, 9.17) is 0 Å². The van der Waals surface area contributed by atoms with Crippen LogP contribution in [0.4, 0.5) is 0 Å². The molecule has 0 aliphatic carbocycles. The Labute approximate surface area is 159 Å². The lowest BCUT2D eigenvalue weighted by molar-refractivity contribution is -0.137.